The highest BCUT2D eigenvalue weighted by molar-refractivity contribution is 14.1. The van der Waals surface area contributed by atoms with Gasteiger partial charge in [-0.15, -0.1) is 0 Å². The smallest absolute Gasteiger partial charge is 0.193 e. The van der Waals surface area contributed by atoms with Crippen molar-refractivity contribution in [2.24, 2.45) is 5.92 Å². The Labute approximate surface area is 615 Å². The summed E-state index contributed by atoms with van der Waals surface area (Å²) in [7, 11) is -15.2. The first-order valence-corrected chi connectivity index (χ1v) is 54.2. The lowest BCUT2D eigenvalue weighted by molar-refractivity contribution is -0.268. The van der Waals surface area contributed by atoms with E-state index in [-0.39, 0.29) is 97.2 Å². The van der Waals surface area contributed by atoms with Crippen molar-refractivity contribution in [2.45, 2.75) is 381 Å². The van der Waals surface area contributed by atoms with Crippen molar-refractivity contribution < 1.29 is 68.5 Å². The van der Waals surface area contributed by atoms with Crippen molar-refractivity contribution in [1.82, 2.24) is 0 Å². The maximum Gasteiger partial charge on any atom is 0.193 e. The molecule has 22 heteroatoms. The molecule has 0 amide bonds. The average molecular weight is 1590 g/mol. The number of fused-ring (bicyclic) bond motifs is 1. The van der Waals surface area contributed by atoms with Crippen molar-refractivity contribution in [3.63, 3.8) is 0 Å². The minimum Gasteiger partial charge on any atom is -0.414 e. The van der Waals surface area contributed by atoms with Crippen LogP contribution in [0, 0.1) is 5.92 Å². The van der Waals surface area contributed by atoms with Gasteiger partial charge < -0.3 is 55.3 Å². The molecule has 15 nitrogen and oxygen atoms in total. The lowest BCUT2D eigenvalue weighted by Crippen LogP contribution is -2.69. The maximum atomic E-state index is 16.4. The van der Waals surface area contributed by atoms with Gasteiger partial charge in [0.15, 0.2) is 58.6 Å². The highest BCUT2D eigenvalue weighted by Gasteiger charge is 2.59. The van der Waals surface area contributed by atoms with Crippen molar-refractivity contribution in [3.05, 3.63) is 64.3 Å². The normalized spacial score (nSPS) is 29.8. The van der Waals surface area contributed by atoms with E-state index in [1.807, 2.05) is 10.1 Å². The predicted octanol–water partition coefficient (Wildman–Crippen LogP) is 18.9. The van der Waals surface area contributed by atoms with Crippen LogP contribution in [0.4, 0.5) is 0 Å². The Bertz CT molecular complexity index is 2920. The SMILES string of the molecule is C=C1C[C@H](CCC2OCCO2)O[C@H]1CC[C@H]1CCC(=C)[C@@H](C[C@@H]2O[C@H](C[C@@H](CO[Si](C)(C)C(C)(C)C)O[Si](C)(C)C(C)(C)C)C[C@H]2CC(=O)C(c2cccc([SH](=O)=O)c2)[C@H]2CC[C@@H]3OC(C(/C=C/I)O[Si](C)(C)C(C)(C)C)C(O[Si](C)(C)C(C)(C)C)C(O[Si](C)(C)C(C)(C)C)[C@@H]3O2)O1. The second-order valence-electron chi connectivity index (χ2n) is 37.4. The molecule has 0 saturated carbocycles. The van der Waals surface area contributed by atoms with E-state index >= 15 is 4.79 Å². The number of ketones is 1. The number of carbonyl (C=O) groups excluding carboxylic acids is 1. The third-order valence-electron chi connectivity index (χ3n) is 24.9. The molecule has 0 radical (unpaired) electrons. The van der Waals surface area contributed by atoms with Crippen LogP contribution in [0.3, 0.4) is 0 Å². The monoisotopic (exact) mass is 1590 g/mol. The van der Waals surface area contributed by atoms with Crippen LogP contribution < -0.4 is 0 Å². The zero-order valence-corrected chi connectivity index (χ0v) is 73.5. The fourth-order valence-electron chi connectivity index (χ4n) is 13.5. The molecule has 1 aromatic rings. The zero-order valence-electron chi connectivity index (χ0n) is 65.5. The van der Waals surface area contributed by atoms with Crippen LogP contribution in [-0.4, -0.2) is 167 Å². The zero-order chi connectivity index (χ0) is 73.3. The first-order chi connectivity index (χ1) is 44.9. The highest BCUT2D eigenvalue weighted by Crippen LogP contribution is 2.50. The molecular weight excluding hydrogens is 1450 g/mol. The van der Waals surface area contributed by atoms with Crippen LogP contribution in [-0.2, 0) is 70.8 Å². The Hall–Kier alpha value is -0.606. The van der Waals surface area contributed by atoms with Crippen LogP contribution in [0.1, 0.15) is 199 Å². The third kappa shape index (κ3) is 21.6. The van der Waals surface area contributed by atoms with Gasteiger partial charge in [-0.1, -0.05) is 152 Å². The van der Waals surface area contributed by atoms with Crippen LogP contribution in [0.25, 0.3) is 0 Å². The summed E-state index contributed by atoms with van der Waals surface area (Å²) in [5.41, 5.74) is 2.78. The van der Waals surface area contributed by atoms with E-state index in [1.165, 1.54) is 0 Å². The summed E-state index contributed by atoms with van der Waals surface area (Å²) in [6, 6.07) is 6.96. The van der Waals surface area contributed by atoms with Gasteiger partial charge in [0.1, 0.15) is 30.2 Å². The lowest BCUT2D eigenvalue weighted by Gasteiger charge is -2.56. The average Bonchev–Trinajstić information content (AvgIpc) is 0.869. The number of hydrogen-bond acceptors (Lipinski definition) is 15. The molecule has 16 atom stereocenters. The van der Waals surface area contributed by atoms with Gasteiger partial charge in [-0.05, 0) is 193 Å². The molecule has 0 spiro atoms. The molecule has 0 N–H and O–H groups in total. The molecule has 0 aliphatic carbocycles. The van der Waals surface area contributed by atoms with E-state index in [0.29, 0.717) is 57.5 Å². The molecule has 6 aliphatic rings. The minimum atomic E-state index is -2.98. The fraction of sp³-hybridized carbons (Fsp3) is 0.829. The fourth-order valence-corrected chi connectivity index (χ4v) is 20.6. The second kappa shape index (κ2) is 33.3. The van der Waals surface area contributed by atoms with Gasteiger partial charge in [-0.25, -0.2) is 8.42 Å². The Balaban J connectivity index is 1.26. The molecule has 0 aromatic heterocycles. The molecule has 98 heavy (non-hydrogen) atoms. The first-order valence-electron chi connectivity index (χ1n) is 37.2. The number of hydrogen-bond donors (Lipinski definition) is 1. The number of carbonyl (C=O) groups is 1. The Morgan fingerprint density at radius 2 is 1.21 bits per heavy atom. The van der Waals surface area contributed by atoms with Crippen LogP contribution >= 0.6 is 22.6 Å². The van der Waals surface area contributed by atoms with Gasteiger partial charge in [0, 0.05) is 25.7 Å². The largest absolute Gasteiger partial charge is 0.414 e. The molecule has 562 valence electrons. The van der Waals surface area contributed by atoms with E-state index in [1.54, 1.807) is 18.2 Å². The van der Waals surface area contributed by atoms with E-state index in [0.717, 1.165) is 56.1 Å². The van der Waals surface area contributed by atoms with Crippen LogP contribution in [0.5, 0.6) is 0 Å². The molecule has 5 unspecified atom stereocenters. The van der Waals surface area contributed by atoms with Crippen LogP contribution in [0.2, 0.25) is 90.7 Å². The third-order valence-corrected chi connectivity index (χ3v) is 48.4. The van der Waals surface area contributed by atoms with Gasteiger partial charge >= 0.3 is 0 Å². The summed E-state index contributed by atoms with van der Waals surface area (Å²) >= 11 is 2.30. The van der Waals surface area contributed by atoms with Crippen molar-refractivity contribution in [1.29, 1.82) is 0 Å². The molecule has 1 aromatic carbocycles. The Kier molecular flexibility index (Phi) is 28.7. The summed E-state index contributed by atoms with van der Waals surface area (Å²) in [6.07, 6.45) is 5.70. The number of ether oxygens (including phenoxy) is 7. The molecule has 7 rings (SSSR count). The minimum absolute atomic E-state index is 0.00174. The number of thiol groups is 1. The topological polar surface area (TPSA) is 162 Å². The summed E-state index contributed by atoms with van der Waals surface area (Å²) in [5.74, 6) is -1.10. The molecule has 6 aliphatic heterocycles. The van der Waals surface area contributed by atoms with Gasteiger partial charge in [0.25, 0.3) is 0 Å². The Morgan fingerprint density at radius 1 is 0.643 bits per heavy atom. The summed E-state index contributed by atoms with van der Waals surface area (Å²) < 4.78 is 114. The lowest BCUT2D eigenvalue weighted by atomic mass is 9.78. The summed E-state index contributed by atoms with van der Waals surface area (Å²) in [4.78, 5) is 16.6. The van der Waals surface area contributed by atoms with E-state index in [2.05, 4.69) is 211 Å². The molecule has 6 heterocycles. The van der Waals surface area contributed by atoms with E-state index in [9.17, 15) is 8.42 Å². The number of Topliss-reactive ketones (excluding diaryl/α,β-unsaturated/α-hetero) is 1. The highest BCUT2D eigenvalue weighted by atomic mass is 127. The number of benzene rings is 1. The summed E-state index contributed by atoms with van der Waals surface area (Å²) in [5, 5.41) is -0.500. The van der Waals surface area contributed by atoms with Gasteiger partial charge in [-0.3, -0.25) is 4.79 Å². The second-order valence-corrected chi connectivity index (χ2v) is 63.0. The van der Waals surface area contributed by atoms with Gasteiger partial charge in [-0.2, -0.15) is 0 Å². The number of halogens is 1. The van der Waals surface area contributed by atoms with E-state index in [4.69, 9.17) is 55.3 Å². The Morgan fingerprint density at radius 3 is 1.80 bits per heavy atom. The summed E-state index contributed by atoms with van der Waals surface area (Å²) in [6.45, 7) is 67.9. The van der Waals surface area contributed by atoms with Gasteiger partial charge in [0.05, 0.1) is 91.7 Å². The molecule has 0 bridgehead atoms. The van der Waals surface area contributed by atoms with Gasteiger partial charge in [0.2, 0.25) is 0 Å². The van der Waals surface area contributed by atoms with Crippen molar-refractivity contribution in [2.75, 3.05) is 19.8 Å². The first kappa shape index (κ1) is 84.7. The quantitative estimate of drug-likeness (QED) is 0.0349. The molecule has 6 saturated heterocycles. The maximum absolute atomic E-state index is 16.4. The van der Waals surface area contributed by atoms with Crippen molar-refractivity contribution >= 4 is 80.7 Å². The standard InChI is InChI=1S/C76H135IO15SSi5/c1-50-31-32-54(33-35-60-51(2)43-55(85-60)34-38-66-81-41-42-82-66)84-64(50)48-65-53(44-56(86-65)47-57(89-95(20,21)73(6,7)8)49-83-94(18,19)72(3,4)5)46-59(78)67(52-29-28-30-58(45-52)93(79)80)61-36-37-62-68(87-61)70(91-97(24,25)75(12,13)14)71(92-98(26,27)76(15,16)17)69(88-62)63(39-40-77)90-96(22,23)74(9,10)11/h28-30,39-40,45,53-57,60-71,93H,1-2,31-38,41-44,46-49H2,3-27H3/b40-39+/t53-,54+,55-,56-,57-,60-,61+,62-,63?,64+,65-,67?,68+,69?,70?,71?/m0/s1. The molecule has 6 fully saturated rings. The molecular formula is C76H135IO15SSi5. The van der Waals surface area contributed by atoms with E-state index < -0.39 is 101 Å². The van der Waals surface area contributed by atoms with Crippen LogP contribution in [0.15, 0.2) is 63.6 Å². The van der Waals surface area contributed by atoms with Crippen molar-refractivity contribution in [3.8, 4) is 0 Å². The number of rotatable bonds is 29. The predicted molar refractivity (Wildman–Crippen MR) is 418 cm³/mol.